The Labute approximate surface area is 160 Å². The van der Waals surface area contributed by atoms with E-state index in [2.05, 4.69) is 10.3 Å². The Balaban J connectivity index is 1.41. The summed E-state index contributed by atoms with van der Waals surface area (Å²) in [7, 11) is 0. The van der Waals surface area contributed by atoms with Gasteiger partial charge in [-0.3, -0.25) is 4.79 Å². The third-order valence-electron chi connectivity index (χ3n) is 4.59. The van der Waals surface area contributed by atoms with Gasteiger partial charge in [0, 0.05) is 5.69 Å². The van der Waals surface area contributed by atoms with Crippen molar-refractivity contribution in [3.05, 3.63) is 53.9 Å². The summed E-state index contributed by atoms with van der Waals surface area (Å²) in [6.45, 7) is 0. The molecule has 1 aromatic carbocycles. The quantitative estimate of drug-likeness (QED) is 0.684. The molecule has 0 saturated heterocycles. The second-order valence-electron chi connectivity index (χ2n) is 6.49. The molecule has 1 saturated carbocycles. The van der Waals surface area contributed by atoms with E-state index in [4.69, 9.17) is 9.15 Å². The highest BCUT2D eigenvalue weighted by Crippen LogP contribution is 2.28. The number of aliphatic hydroxyl groups is 1. The van der Waals surface area contributed by atoms with E-state index in [1.807, 2.05) is 17.5 Å². The molecule has 2 atom stereocenters. The number of benzene rings is 1. The Morgan fingerprint density at radius 3 is 2.78 bits per heavy atom. The summed E-state index contributed by atoms with van der Waals surface area (Å²) >= 11 is 1.49. The van der Waals surface area contributed by atoms with Crippen molar-refractivity contribution in [1.29, 1.82) is 0 Å². The zero-order valence-electron chi connectivity index (χ0n) is 14.6. The van der Waals surface area contributed by atoms with Crippen LogP contribution in [0.3, 0.4) is 0 Å². The summed E-state index contributed by atoms with van der Waals surface area (Å²) in [4.78, 5) is 17.4. The molecular weight excluding hydrogens is 364 g/mol. The van der Waals surface area contributed by atoms with Crippen LogP contribution in [0.2, 0.25) is 0 Å². The predicted octanol–water partition coefficient (Wildman–Crippen LogP) is 4.34. The van der Waals surface area contributed by atoms with Gasteiger partial charge in [0.1, 0.15) is 11.9 Å². The highest BCUT2D eigenvalue weighted by Gasteiger charge is 2.24. The number of aliphatic hydroxyl groups excluding tert-OH is 1. The second kappa shape index (κ2) is 7.94. The minimum atomic E-state index is -0.416. The number of oxazole rings is 1. The Kier molecular flexibility index (Phi) is 5.22. The number of hydrogen-bond donors (Lipinski definition) is 2. The van der Waals surface area contributed by atoms with Crippen LogP contribution in [0.5, 0.6) is 5.75 Å². The van der Waals surface area contributed by atoms with Gasteiger partial charge in [0.15, 0.2) is 17.8 Å². The van der Waals surface area contributed by atoms with Crippen molar-refractivity contribution in [2.45, 2.75) is 37.9 Å². The molecular formula is C20H20N2O4S. The lowest BCUT2D eigenvalue weighted by atomic mass is 9.95. The van der Waals surface area contributed by atoms with Crippen molar-refractivity contribution in [2.75, 3.05) is 5.32 Å². The van der Waals surface area contributed by atoms with Crippen molar-refractivity contribution in [3.63, 3.8) is 0 Å². The molecule has 2 heterocycles. The summed E-state index contributed by atoms with van der Waals surface area (Å²) < 4.78 is 11.3. The number of amides is 1. The van der Waals surface area contributed by atoms with E-state index in [1.54, 1.807) is 24.3 Å². The maximum atomic E-state index is 12.5. The number of nitrogens with zero attached hydrogens (tertiary/aromatic N) is 1. The zero-order chi connectivity index (χ0) is 18.6. The summed E-state index contributed by atoms with van der Waals surface area (Å²) in [5.74, 6) is 0.817. The number of nitrogens with one attached hydrogen (secondary N) is 1. The van der Waals surface area contributed by atoms with Gasteiger partial charge in [-0.1, -0.05) is 12.5 Å². The number of anilines is 1. The number of ether oxygens (including phenoxy) is 1. The summed E-state index contributed by atoms with van der Waals surface area (Å²) in [5, 5.41) is 14.8. The summed E-state index contributed by atoms with van der Waals surface area (Å²) in [6, 6.07) is 10.9. The van der Waals surface area contributed by atoms with E-state index < -0.39 is 6.10 Å². The third kappa shape index (κ3) is 4.04. The van der Waals surface area contributed by atoms with Crippen LogP contribution in [0.4, 0.5) is 5.69 Å². The Bertz CT molecular complexity index is 889. The molecule has 0 radical (unpaired) electrons. The van der Waals surface area contributed by atoms with Gasteiger partial charge in [0.25, 0.3) is 5.91 Å². The van der Waals surface area contributed by atoms with E-state index >= 15 is 0 Å². The Morgan fingerprint density at radius 2 is 2.04 bits per heavy atom. The normalized spacial score (nSPS) is 19.6. The van der Waals surface area contributed by atoms with Crippen molar-refractivity contribution in [3.8, 4) is 16.4 Å². The molecule has 1 amide bonds. The lowest BCUT2D eigenvalue weighted by Gasteiger charge is -2.28. The average Bonchev–Trinajstić information content (AvgIpc) is 3.36. The molecule has 6 nitrogen and oxygen atoms in total. The number of thiophene rings is 1. The molecule has 27 heavy (non-hydrogen) atoms. The smallest absolute Gasteiger partial charge is 0.278 e. The number of carbonyl (C=O) groups excluding carboxylic acids is 1. The van der Waals surface area contributed by atoms with Gasteiger partial charge in [-0.2, -0.15) is 0 Å². The van der Waals surface area contributed by atoms with Crippen LogP contribution in [0.1, 0.15) is 36.2 Å². The van der Waals surface area contributed by atoms with Crippen LogP contribution < -0.4 is 10.1 Å². The van der Waals surface area contributed by atoms with Gasteiger partial charge < -0.3 is 19.6 Å². The molecule has 0 aliphatic heterocycles. The Hall–Kier alpha value is -2.64. The van der Waals surface area contributed by atoms with E-state index in [0.29, 0.717) is 17.2 Å². The fourth-order valence-corrected chi connectivity index (χ4v) is 3.90. The standard InChI is InChI=1S/C20H20N2O4S/c23-15-4-1-2-5-16(15)26-14-9-7-13(8-10-14)22-20(24)18-19(25-12-21-18)17-6-3-11-27-17/h3,6-12,15-16,23H,1-2,4-5H2,(H,22,24)/t15-,16+/m0/s1. The van der Waals surface area contributed by atoms with Gasteiger partial charge in [-0.25, -0.2) is 4.98 Å². The molecule has 0 spiro atoms. The molecule has 1 aliphatic rings. The fraction of sp³-hybridized carbons (Fsp3) is 0.300. The molecule has 2 N–H and O–H groups in total. The van der Waals surface area contributed by atoms with Gasteiger partial charge in [-0.05, 0) is 55.0 Å². The van der Waals surface area contributed by atoms with Crippen LogP contribution in [0.25, 0.3) is 10.6 Å². The van der Waals surface area contributed by atoms with Gasteiger partial charge >= 0.3 is 0 Å². The van der Waals surface area contributed by atoms with E-state index in [0.717, 1.165) is 30.6 Å². The molecule has 4 rings (SSSR count). The first-order valence-corrected chi connectivity index (χ1v) is 9.82. The Morgan fingerprint density at radius 1 is 1.22 bits per heavy atom. The SMILES string of the molecule is O=C(Nc1ccc(O[C@@H]2CCCC[C@@H]2O)cc1)c1ncoc1-c1cccs1. The molecule has 3 aromatic rings. The topological polar surface area (TPSA) is 84.6 Å². The van der Waals surface area contributed by atoms with Crippen LogP contribution in [0, 0.1) is 0 Å². The third-order valence-corrected chi connectivity index (χ3v) is 5.46. The molecule has 0 bridgehead atoms. The van der Waals surface area contributed by atoms with Crippen molar-refractivity contribution in [2.24, 2.45) is 0 Å². The fourth-order valence-electron chi connectivity index (χ4n) is 3.19. The van der Waals surface area contributed by atoms with Gasteiger partial charge in [0.2, 0.25) is 0 Å². The first-order valence-electron chi connectivity index (χ1n) is 8.94. The van der Waals surface area contributed by atoms with E-state index in [-0.39, 0.29) is 17.7 Å². The predicted molar refractivity (Wildman–Crippen MR) is 103 cm³/mol. The van der Waals surface area contributed by atoms with E-state index in [9.17, 15) is 9.90 Å². The molecule has 1 fully saturated rings. The van der Waals surface area contributed by atoms with Crippen LogP contribution in [-0.4, -0.2) is 28.2 Å². The monoisotopic (exact) mass is 384 g/mol. The first kappa shape index (κ1) is 17.8. The number of hydrogen-bond acceptors (Lipinski definition) is 6. The maximum absolute atomic E-state index is 12.5. The molecule has 0 unspecified atom stereocenters. The summed E-state index contributed by atoms with van der Waals surface area (Å²) in [6.07, 6.45) is 4.45. The summed E-state index contributed by atoms with van der Waals surface area (Å²) in [5.41, 5.74) is 0.889. The molecule has 7 heteroatoms. The number of aromatic nitrogens is 1. The van der Waals surface area contributed by atoms with Crippen molar-refractivity contribution < 1.29 is 19.1 Å². The minimum Gasteiger partial charge on any atom is -0.488 e. The van der Waals surface area contributed by atoms with Gasteiger partial charge in [0.05, 0.1) is 11.0 Å². The highest BCUT2D eigenvalue weighted by molar-refractivity contribution is 7.13. The molecule has 1 aliphatic carbocycles. The largest absolute Gasteiger partial charge is 0.488 e. The number of carbonyl (C=O) groups is 1. The van der Waals surface area contributed by atoms with Crippen molar-refractivity contribution >= 4 is 22.9 Å². The van der Waals surface area contributed by atoms with Crippen LogP contribution >= 0.6 is 11.3 Å². The minimum absolute atomic E-state index is 0.164. The zero-order valence-corrected chi connectivity index (χ0v) is 15.4. The first-order chi connectivity index (χ1) is 13.2. The highest BCUT2D eigenvalue weighted by atomic mass is 32.1. The van der Waals surface area contributed by atoms with E-state index in [1.165, 1.54) is 17.7 Å². The van der Waals surface area contributed by atoms with Crippen LogP contribution in [0.15, 0.2) is 52.6 Å². The lowest BCUT2D eigenvalue weighted by Crippen LogP contribution is -2.34. The number of rotatable bonds is 5. The second-order valence-corrected chi connectivity index (χ2v) is 7.44. The van der Waals surface area contributed by atoms with Crippen molar-refractivity contribution in [1.82, 2.24) is 4.98 Å². The molecule has 140 valence electrons. The lowest BCUT2D eigenvalue weighted by molar-refractivity contribution is 0.00688. The van der Waals surface area contributed by atoms with Crippen LogP contribution in [-0.2, 0) is 0 Å². The average molecular weight is 384 g/mol. The maximum Gasteiger partial charge on any atom is 0.278 e. The molecule has 2 aromatic heterocycles. The van der Waals surface area contributed by atoms with Gasteiger partial charge in [-0.15, -0.1) is 11.3 Å².